The van der Waals surface area contributed by atoms with Crippen molar-refractivity contribution in [3.05, 3.63) is 0 Å². The minimum atomic E-state index is -0.711. The Kier molecular flexibility index (Phi) is 27.2. The number of carboxylic acid groups (broad SMARTS) is 1. The zero-order valence-corrected chi connectivity index (χ0v) is 8.89. The van der Waals surface area contributed by atoms with Crippen LogP contribution < -0.4 is 34.7 Å². The molecule has 0 amide bonds. The zero-order chi connectivity index (χ0) is 7.70. The van der Waals surface area contributed by atoms with Crippen LogP contribution in [0.5, 0.6) is 0 Å². The molecule has 0 aliphatic carbocycles. The molecular formula is C6H13NaO3. The molecule has 3 nitrogen and oxygen atoms in total. The Hall–Kier alpha value is 0.430. The van der Waals surface area contributed by atoms with Gasteiger partial charge in [-0.05, 0) is 6.42 Å². The van der Waals surface area contributed by atoms with Gasteiger partial charge >= 0.3 is 35.5 Å². The van der Waals surface area contributed by atoms with Crippen molar-refractivity contribution in [3.63, 3.8) is 0 Å². The Labute approximate surface area is 83.7 Å². The van der Waals surface area contributed by atoms with Crippen LogP contribution in [0.4, 0.5) is 0 Å². The topological polar surface area (TPSA) is 60.4 Å². The van der Waals surface area contributed by atoms with Crippen molar-refractivity contribution < 1.29 is 44.6 Å². The van der Waals surface area contributed by atoms with Gasteiger partial charge in [-0.25, -0.2) is 0 Å². The first kappa shape index (κ1) is 16.8. The summed E-state index contributed by atoms with van der Waals surface area (Å²) >= 11 is 0. The average molecular weight is 156 g/mol. The van der Waals surface area contributed by atoms with Crippen LogP contribution >= 0.6 is 0 Å². The maximum absolute atomic E-state index is 9.60. The summed E-state index contributed by atoms with van der Waals surface area (Å²) in [7, 11) is 0. The van der Waals surface area contributed by atoms with Gasteiger partial charge in [-0.1, -0.05) is 13.8 Å². The second kappa shape index (κ2) is 16.2. The predicted octanol–water partition coefficient (Wildman–Crippen LogP) is -2.76. The Morgan fingerprint density at radius 2 is 1.80 bits per heavy atom. The molecule has 0 rings (SSSR count). The second-order valence-electron chi connectivity index (χ2n) is 1.43. The maximum Gasteiger partial charge on any atom is 1.00 e. The minimum absolute atomic E-state index is 0. The van der Waals surface area contributed by atoms with E-state index in [1.807, 2.05) is 6.92 Å². The molecule has 1 N–H and O–H groups in total. The van der Waals surface area contributed by atoms with Crippen LogP contribution in [0.2, 0.25) is 0 Å². The number of hydrogen-bond acceptors (Lipinski definition) is 2. The predicted molar refractivity (Wildman–Crippen MR) is 33.1 cm³/mol. The van der Waals surface area contributed by atoms with Gasteiger partial charge < -0.3 is 10.2 Å². The molecule has 0 aliphatic heterocycles. The van der Waals surface area contributed by atoms with Gasteiger partial charge in [-0.15, -0.1) is 6.61 Å². The van der Waals surface area contributed by atoms with Crippen molar-refractivity contribution in [1.82, 2.24) is 0 Å². The van der Waals surface area contributed by atoms with Gasteiger partial charge in [0.25, 0.3) is 0 Å². The zero-order valence-electron chi connectivity index (χ0n) is 6.89. The van der Waals surface area contributed by atoms with E-state index in [4.69, 9.17) is 10.2 Å². The molecule has 0 saturated heterocycles. The van der Waals surface area contributed by atoms with Crippen LogP contribution in [0.15, 0.2) is 0 Å². The largest absolute Gasteiger partial charge is 1.00 e. The molecule has 10 heavy (non-hydrogen) atoms. The molecule has 0 spiro atoms. The number of hydrogen-bond donors (Lipinski definition) is 1. The monoisotopic (exact) mass is 156 g/mol. The third kappa shape index (κ3) is 39.6. The first-order valence-electron chi connectivity index (χ1n) is 2.98. The fraction of sp³-hybridized carbons (Fsp3) is 0.833. The minimum Gasteiger partial charge on any atom is -0.855 e. The summed E-state index contributed by atoms with van der Waals surface area (Å²) in [6.45, 7) is 3.41. The van der Waals surface area contributed by atoms with E-state index in [0.29, 0.717) is 6.42 Å². The Bertz CT molecular complexity index is 66.0. The van der Waals surface area contributed by atoms with E-state index in [0.717, 1.165) is 6.42 Å². The van der Waals surface area contributed by atoms with Crippen molar-refractivity contribution in [2.45, 2.75) is 26.7 Å². The van der Waals surface area contributed by atoms with Gasteiger partial charge in [0.15, 0.2) is 0 Å². The molecule has 0 aliphatic rings. The fourth-order valence-corrected chi connectivity index (χ4v) is 0.214. The van der Waals surface area contributed by atoms with Crippen LogP contribution in [-0.2, 0) is 4.79 Å². The summed E-state index contributed by atoms with van der Waals surface area (Å²) in [5.74, 6) is -0.711. The molecular weight excluding hydrogens is 143 g/mol. The van der Waals surface area contributed by atoms with Gasteiger partial charge in [-0.2, -0.15) is 0 Å². The molecule has 4 heteroatoms. The third-order valence-electron chi connectivity index (χ3n) is 0.464. The fourth-order valence-electron chi connectivity index (χ4n) is 0.214. The standard InChI is InChI=1S/C4H8O2.C2H5O.Na/c1-2-3-4(5)6;1-2-3;/h2-3H2,1H3,(H,5,6);2H2,1H3;/q;-1;+1. The van der Waals surface area contributed by atoms with E-state index >= 15 is 0 Å². The quantitative estimate of drug-likeness (QED) is 0.441. The second-order valence-corrected chi connectivity index (χ2v) is 1.43. The van der Waals surface area contributed by atoms with Crippen molar-refractivity contribution in [2.24, 2.45) is 0 Å². The van der Waals surface area contributed by atoms with Gasteiger partial charge in [0.05, 0.1) is 0 Å². The summed E-state index contributed by atoms with van der Waals surface area (Å²) < 4.78 is 0. The maximum atomic E-state index is 9.60. The van der Waals surface area contributed by atoms with Crippen LogP contribution in [0.25, 0.3) is 0 Å². The van der Waals surface area contributed by atoms with E-state index in [9.17, 15) is 4.79 Å². The summed E-state index contributed by atoms with van der Waals surface area (Å²) in [6, 6.07) is 0. The van der Waals surface area contributed by atoms with E-state index in [2.05, 4.69) is 0 Å². The first-order chi connectivity index (χ1) is 4.18. The third-order valence-corrected chi connectivity index (χ3v) is 0.464. The summed E-state index contributed by atoms with van der Waals surface area (Å²) in [5, 5.41) is 16.8. The molecule has 0 saturated carbocycles. The van der Waals surface area contributed by atoms with Gasteiger partial charge in [0, 0.05) is 6.42 Å². The molecule has 0 atom stereocenters. The number of carbonyl (C=O) groups is 1. The molecule has 0 aromatic heterocycles. The molecule has 0 aromatic rings. The number of rotatable bonds is 2. The molecule has 0 fully saturated rings. The Balaban J connectivity index is -0.000000107. The molecule has 0 unspecified atom stereocenters. The Morgan fingerprint density at radius 3 is 1.80 bits per heavy atom. The normalized spacial score (nSPS) is 6.70. The van der Waals surface area contributed by atoms with E-state index in [1.165, 1.54) is 0 Å². The SMILES string of the molecule is CCCC(=O)O.CC[O-].[Na+]. The number of aliphatic carboxylic acids is 1. The summed E-state index contributed by atoms with van der Waals surface area (Å²) in [4.78, 5) is 9.60. The van der Waals surface area contributed by atoms with E-state index in [-0.39, 0.29) is 36.2 Å². The number of carboxylic acids is 1. The van der Waals surface area contributed by atoms with Gasteiger partial charge in [0.2, 0.25) is 0 Å². The summed E-state index contributed by atoms with van der Waals surface area (Å²) in [5.41, 5.74) is 0. The van der Waals surface area contributed by atoms with Crippen molar-refractivity contribution in [1.29, 1.82) is 0 Å². The van der Waals surface area contributed by atoms with Gasteiger partial charge in [-0.3, -0.25) is 4.79 Å². The van der Waals surface area contributed by atoms with Crippen molar-refractivity contribution >= 4 is 5.97 Å². The molecule has 0 radical (unpaired) electrons. The molecule has 56 valence electrons. The van der Waals surface area contributed by atoms with Crippen molar-refractivity contribution in [3.8, 4) is 0 Å². The first-order valence-corrected chi connectivity index (χ1v) is 2.98. The smallest absolute Gasteiger partial charge is 0.855 e. The van der Waals surface area contributed by atoms with E-state index in [1.54, 1.807) is 6.92 Å². The summed E-state index contributed by atoms with van der Waals surface area (Å²) in [6.07, 6.45) is 1.02. The molecule has 0 bridgehead atoms. The van der Waals surface area contributed by atoms with E-state index < -0.39 is 5.97 Å². The molecule has 0 heterocycles. The molecule has 0 aromatic carbocycles. The van der Waals surface area contributed by atoms with Crippen LogP contribution in [0.3, 0.4) is 0 Å². The van der Waals surface area contributed by atoms with Gasteiger partial charge in [0.1, 0.15) is 0 Å². The van der Waals surface area contributed by atoms with Crippen LogP contribution in [-0.4, -0.2) is 17.7 Å². The van der Waals surface area contributed by atoms with Crippen LogP contribution in [0, 0.1) is 0 Å². The average Bonchev–Trinajstić information content (AvgIpc) is 1.67. The van der Waals surface area contributed by atoms with Crippen LogP contribution in [0.1, 0.15) is 26.7 Å². The van der Waals surface area contributed by atoms with Crippen molar-refractivity contribution in [2.75, 3.05) is 6.61 Å². The Morgan fingerprint density at radius 1 is 1.50 bits per heavy atom.